The number of rotatable bonds is 11. The Balaban J connectivity index is 1.80. The summed E-state index contributed by atoms with van der Waals surface area (Å²) >= 11 is 0. The first-order valence-electron chi connectivity index (χ1n) is 7.33. The smallest absolute Gasteiger partial charge is 0.00963 e. The second-order valence-electron chi connectivity index (χ2n) is 5.02. The molecule has 0 aromatic heterocycles. The SMILES string of the molecule is CCCNCCCCCCN(CC)C1CC1. The predicted molar refractivity (Wildman–Crippen MR) is 71.9 cm³/mol. The van der Waals surface area contributed by atoms with Gasteiger partial charge in [-0.25, -0.2) is 0 Å². The van der Waals surface area contributed by atoms with Gasteiger partial charge in [0, 0.05) is 6.04 Å². The van der Waals surface area contributed by atoms with Crippen molar-refractivity contribution in [2.75, 3.05) is 26.2 Å². The maximum atomic E-state index is 3.46. The monoisotopic (exact) mass is 226 g/mol. The Hall–Kier alpha value is -0.0800. The van der Waals surface area contributed by atoms with Gasteiger partial charge >= 0.3 is 0 Å². The molecule has 1 N–H and O–H groups in total. The molecule has 1 saturated carbocycles. The van der Waals surface area contributed by atoms with Gasteiger partial charge in [0.15, 0.2) is 0 Å². The highest BCUT2D eigenvalue weighted by molar-refractivity contribution is 4.83. The summed E-state index contributed by atoms with van der Waals surface area (Å²) in [6.45, 7) is 9.52. The highest BCUT2D eigenvalue weighted by Gasteiger charge is 2.26. The van der Waals surface area contributed by atoms with E-state index in [2.05, 4.69) is 24.1 Å². The Morgan fingerprint density at radius 3 is 2.38 bits per heavy atom. The summed E-state index contributed by atoms with van der Waals surface area (Å²) in [4.78, 5) is 2.66. The fourth-order valence-corrected chi connectivity index (χ4v) is 2.26. The van der Waals surface area contributed by atoms with Crippen molar-refractivity contribution >= 4 is 0 Å². The van der Waals surface area contributed by atoms with E-state index in [1.165, 1.54) is 71.1 Å². The zero-order valence-corrected chi connectivity index (χ0v) is 11.3. The van der Waals surface area contributed by atoms with E-state index in [-0.39, 0.29) is 0 Å². The minimum Gasteiger partial charge on any atom is -0.317 e. The first kappa shape index (κ1) is 14.0. The molecule has 0 aliphatic heterocycles. The average Bonchev–Trinajstić information content (AvgIpc) is 3.11. The van der Waals surface area contributed by atoms with Gasteiger partial charge < -0.3 is 10.2 Å². The molecule has 0 saturated heterocycles. The van der Waals surface area contributed by atoms with Crippen LogP contribution < -0.4 is 5.32 Å². The van der Waals surface area contributed by atoms with Gasteiger partial charge in [-0.3, -0.25) is 0 Å². The summed E-state index contributed by atoms with van der Waals surface area (Å²) in [6, 6.07) is 0.955. The lowest BCUT2D eigenvalue weighted by Crippen LogP contribution is -2.26. The molecule has 96 valence electrons. The van der Waals surface area contributed by atoms with Crippen LogP contribution in [0.4, 0.5) is 0 Å². The van der Waals surface area contributed by atoms with Crippen molar-refractivity contribution in [1.82, 2.24) is 10.2 Å². The van der Waals surface area contributed by atoms with Crippen LogP contribution in [0.2, 0.25) is 0 Å². The summed E-state index contributed by atoms with van der Waals surface area (Å²) in [7, 11) is 0. The molecule has 0 aromatic carbocycles. The normalized spacial score (nSPS) is 15.9. The topological polar surface area (TPSA) is 15.3 Å². The zero-order valence-electron chi connectivity index (χ0n) is 11.3. The second kappa shape index (κ2) is 9.00. The summed E-state index contributed by atoms with van der Waals surface area (Å²) in [5.74, 6) is 0. The standard InChI is InChI=1S/C14H30N2/c1-3-11-15-12-7-5-6-8-13-16(4-2)14-9-10-14/h14-15H,3-13H2,1-2H3. The molecule has 0 atom stereocenters. The van der Waals surface area contributed by atoms with E-state index >= 15 is 0 Å². The first-order chi connectivity index (χ1) is 7.88. The van der Waals surface area contributed by atoms with E-state index in [0.717, 1.165) is 6.04 Å². The minimum atomic E-state index is 0.955. The van der Waals surface area contributed by atoms with Crippen molar-refractivity contribution < 1.29 is 0 Å². The molecule has 1 aliphatic rings. The van der Waals surface area contributed by atoms with Crippen molar-refractivity contribution in [2.45, 2.75) is 64.8 Å². The molecule has 0 radical (unpaired) electrons. The highest BCUT2D eigenvalue weighted by Crippen LogP contribution is 2.26. The van der Waals surface area contributed by atoms with Gasteiger partial charge in [-0.05, 0) is 58.3 Å². The molecule has 2 nitrogen and oxygen atoms in total. The van der Waals surface area contributed by atoms with Crippen molar-refractivity contribution in [2.24, 2.45) is 0 Å². The number of nitrogens with zero attached hydrogens (tertiary/aromatic N) is 1. The molecule has 0 spiro atoms. The lowest BCUT2D eigenvalue weighted by molar-refractivity contribution is 0.270. The Morgan fingerprint density at radius 2 is 1.75 bits per heavy atom. The van der Waals surface area contributed by atoms with Crippen LogP contribution in [0.15, 0.2) is 0 Å². The lowest BCUT2D eigenvalue weighted by Gasteiger charge is -2.19. The minimum absolute atomic E-state index is 0.955. The van der Waals surface area contributed by atoms with Gasteiger partial charge in [-0.1, -0.05) is 26.7 Å². The molecule has 0 amide bonds. The van der Waals surface area contributed by atoms with E-state index in [4.69, 9.17) is 0 Å². The molecule has 0 bridgehead atoms. The Kier molecular flexibility index (Phi) is 7.87. The molecular weight excluding hydrogens is 196 g/mol. The molecule has 1 fully saturated rings. The van der Waals surface area contributed by atoms with Crippen LogP contribution in [-0.4, -0.2) is 37.1 Å². The van der Waals surface area contributed by atoms with Gasteiger partial charge in [-0.15, -0.1) is 0 Å². The van der Waals surface area contributed by atoms with E-state index < -0.39 is 0 Å². The predicted octanol–water partition coefficient (Wildman–Crippen LogP) is 3.03. The molecule has 1 aliphatic carbocycles. The van der Waals surface area contributed by atoms with Crippen LogP contribution in [0.25, 0.3) is 0 Å². The number of unbranched alkanes of at least 4 members (excludes halogenated alkanes) is 3. The number of hydrogen-bond donors (Lipinski definition) is 1. The van der Waals surface area contributed by atoms with E-state index in [9.17, 15) is 0 Å². The average molecular weight is 226 g/mol. The summed E-state index contributed by atoms with van der Waals surface area (Å²) in [5, 5.41) is 3.46. The summed E-state index contributed by atoms with van der Waals surface area (Å²) < 4.78 is 0. The first-order valence-corrected chi connectivity index (χ1v) is 7.33. The third kappa shape index (κ3) is 6.49. The molecular formula is C14H30N2. The fraction of sp³-hybridized carbons (Fsp3) is 1.00. The van der Waals surface area contributed by atoms with Crippen LogP contribution in [0.1, 0.15) is 58.8 Å². The van der Waals surface area contributed by atoms with Gasteiger partial charge in [0.05, 0.1) is 0 Å². The highest BCUT2D eigenvalue weighted by atomic mass is 15.2. The van der Waals surface area contributed by atoms with Crippen LogP contribution in [-0.2, 0) is 0 Å². The quantitative estimate of drug-likeness (QED) is 0.545. The van der Waals surface area contributed by atoms with Gasteiger partial charge in [0.25, 0.3) is 0 Å². The molecule has 2 heteroatoms. The van der Waals surface area contributed by atoms with E-state index in [1.54, 1.807) is 0 Å². The van der Waals surface area contributed by atoms with Crippen LogP contribution in [0, 0.1) is 0 Å². The molecule has 1 rings (SSSR count). The van der Waals surface area contributed by atoms with Crippen molar-refractivity contribution in [3.05, 3.63) is 0 Å². The Bertz CT molecular complexity index is 155. The van der Waals surface area contributed by atoms with Crippen molar-refractivity contribution in [3.8, 4) is 0 Å². The maximum absolute atomic E-state index is 3.46. The summed E-state index contributed by atoms with van der Waals surface area (Å²) in [6.07, 6.45) is 9.74. The second-order valence-corrected chi connectivity index (χ2v) is 5.02. The number of nitrogens with one attached hydrogen (secondary N) is 1. The molecule has 0 aromatic rings. The van der Waals surface area contributed by atoms with Gasteiger partial charge in [0.1, 0.15) is 0 Å². The zero-order chi connectivity index (χ0) is 11.6. The third-order valence-electron chi connectivity index (χ3n) is 3.45. The molecule has 16 heavy (non-hydrogen) atoms. The number of hydrogen-bond acceptors (Lipinski definition) is 2. The molecule has 0 unspecified atom stereocenters. The maximum Gasteiger partial charge on any atom is 0.00963 e. The Labute approximate surface area is 102 Å². The van der Waals surface area contributed by atoms with Crippen LogP contribution in [0.5, 0.6) is 0 Å². The van der Waals surface area contributed by atoms with Gasteiger partial charge in [0.2, 0.25) is 0 Å². The Morgan fingerprint density at radius 1 is 1.00 bits per heavy atom. The third-order valence-corrected chi connectivity index (χ3v) is 3.45. The largest absolute Gasteiger partial charge is 0.317 e. The fourth-order valence-electron chi connectivity index (χ4n) is 2.26. The van der Waals surface area contributed by atoms with E-state index in [0.29, 0.717) is 0 Å². The van der Waals surface area contributed by atoms with Crippen molar-refractivity contribution in [1.29, 1.82) is 0 Å². The van der Waals surface area contributed by atoms with Crippen LogP contribution >= 0.6 is 0 Å². The van der Waals surface area contributed by atoms with Crippen LogP contribution in [0.3, 0.4) is 0 Å². The van der Waals surface area contributed by atoms with E-state index in [1.807, 2.05) is 0 Å². The molecule has 0 heterocycles. The van der Waals surface area contributed by atoms with Crippen molar-refractivity contribution in [3.63, 3.8) is 0 Å². The summed E-state index contributed by atoms with van der Waals surface area (Å²) in [5.41, 5.74) is 0. The lowest BCUT2D eigenvalue weighted by atomic mass is 10.2. The van der Waals surface area contributed by atoms with Gasteiger partial charge in [-0.2, -0.15) is 0 Å².